The highest BCUT2D eigenvalue weighted by molar-refractivity contribution is 9.10. The smallest absolute Gasteiger partial charge is 0.259 e. The average Bonchev–Trinajstić information content (AvgIpc) is 3.19. The normalized spacial score (nSPS) is 11.0. The lowest BCUT2D eigenvalue weighted by Crippen LogP contribution is -2.17. The number of imidazole rings is 1. The average molecular weight is 546 g/mol. The molecule has 1 heterocycles. The van der Waals surface area contributed by atoms with Crippen molar-refractivity contribution in [2.45, 2.75) is 13.5 Å². The molecule has 0 aliphatic heterocycles. The number of halogens is 3. The third kappa shape index (κ3) is 4.82. The zero-order chi connectivity index (χ0) is 24.4. The Morgan fingerprint density at radius 1 is 1.15 bits per heavy atom. The Balaban J connectivity index is 1.75. The predicted octanol–water partition coefficient (Wildman–Crippen LogP) is 6.08. The van der Waals surface area contributed by atoms with E-state index in [1.165, 1.54) is 25.3 Å². The molecular weight excluding hydrogens is 527 g/mol. The minimum Gasteiger partial charge on any atom is -0.377 e. The highest BCUT2D eigenvalue weighted by Crippen LogP contribution is 2.28. The molecule has 0 unspecified atom stereocenters. The van der Waals surface area contributed by atoms with Crippen molar-refractivity contribution < 1.29 is 18.7 Å². The molecule has 0 spiro atoms. The van der Waals surface area contributed by atoms with Crippen molar-refractivity contribution in [3.63, 3.8) is 0 Å². The monoisotopic (exact) mass is 544 g/mol. The van der Waals surface area contributed by atoms with Crippen molar-refractivity contribution in [3.8, 4) is 0 Å². The Labute approximate surface area is 207 Å². The summed E-state index contributed by atoms with van der Waals surface area (Å²) in [4.78, 5) is 33.6. The van der Waals surface area contributed by atoms with E-state index in [2.05, 4.69) is 36.5 Å². The number of carbonyl (C=O) groups excluding carboxylic acids is 2. The van der Waals surface area contributed by atoms with Gasteiger partial charge < -0.3 is 20.4 Å². The molecule has 2 amide bonds. The first-order valence-corrected chi connectivity index (χ1v) is 11.3. The van der Waals surface area contributed by atoms with Gasteiger partial charge in [0.25, 0.3) is 11.8 Å². The number of H-pyrrole nitrogens is 1. The lowest BCUT2D eigenvalue weighted by atomic mass is 10.1. The Hall–Kier alpha value is -3.27. The van der Waals surface area contributed by atoms with Crippen LogP contribution in [0.2, 0.25) is 5.02 Å². The molecule has 0 saturated carbocycles. The minimum atomic E-state index is -0.675. The summed E-state index contributed by atoms with van der Waals surface area (Å²) in [5.41, 5.74) is 2.51. The first-order chi connectivity index (χ1) is 16.3. The van der Waals surface area contributed by atoms with Crippen LogP contribution in [-0.4, -0.2) is 28.9 Å². The summed E-state index contributed by atoms with van der Waals surface area (Å²) in [6.45, 7) is 1.99. The molecule has 3 aromatic carbocycles. The van der Waals surface area contributed by atoms with Gasteiger partial charge >= 0.3 is 0 Å². The molecule has 0 radical (unpaired) electrons. The van der Waals surface area contributed by atoms with E-state index in [0.717, 1.165) is 0 Å². The van der Waals surface area contributed by atoms with Crippen LogP contribution in [0.4, 0.5) is 15.8 Å². The van der Waals surface area contributed by atoms with Gasteiger partial charge in [0, 0.05) is 28.0 Å². The molecule has 0 atom stereocenters. The second-order valence-electron chi connectivity index (χ2n) is 7.45. The molecule has 10 heteroatoms. The fourth-order valence-corrected chi connectivity index (χ4v) is 4.16. The maximum absolute atomic E-state index is 14.3. The topological polar surface area (TPSA) is 96.1 Å². The number of methoxy groups -OCH3 is 1. The number of aromatic nitrogens is 2. The van der Waals surface area contributed by atoms with E-state index in [1.807, 2.05) is 0 Å². The SMILES string of the molecule is COCc1nc2c(C(=O)Nc3cccc(Cl)c3C)cc(NC(=O)c3c(F)cccc3Br)cc2[nH]1. The summed E-state index contributed by atoms with van der Waals surface area (Å²) in [6.07, 6.45) is 0. The van der Waals surface area contributed by atoms with Gasteiger partial charge in [0.05, 0.1) is 16.6 Å². The van der Waals surface area contributed by atoms with Crippen LogP contribution in [0.25, 0.3) is 11.0 Å². The molecule has 4 rings (SSSR count). The lowest BCUT2D eigenvalue weighted by molar-refractivity contribution is 0.101. The quantitative estimate of drug-likeness (QED) is 0.274. The molecule has 4 aromatic rings. The van der Waals surface area contributed by atoms with Gasteiger partial charge in [0.15, 0.2) is 0 Å². The van der Waals surface area contributed by atoms with Crippen LogP contribution in [-0.2, 0) is 11.3 Å². The summed E-state index contributed by atoms with van der Waals surface area (Å²) in [7, 11) is 1.53. The van der Waals surface area contributed by atoms with E-state index in [9.17, 15) is 14.0 Å². The third-order valence-electron chi connectivity index (χ3n) is 5.12. The van der Waals surface area contributed by atoms with Gasteiger partial charge in [-0.25, -0.2) is 9.37 Å². The number of nitrogens with zero attached hydrogens (tertiary/aromatic N) is 1. The van der Waals surface area contributed by atoms with E-state index in [4.69, 9.17) is 16.3 Å². The van der Waals surface area contributed by atoms with Crippen molar-refractivity contribution in [2.24, 2.45) is 0 Å². The summed E-state index contributed by atoms with van der Waals surface area (Å²) < 4.78 is 19.7. The summed E-state index contributed by atoms with van der Waals surface area (Å²) in [6, 6.07) is 12.6. The summed E-state index contributed by atoms with van der Waals surface area (Å²) >= 11 is 9.38. The second-order valence-corrected chi connectivity index (χ2v) is 8.72. The molecule has 0 aliphatic rings. The largest absolute Gasteiger partial charge is 0.377 e. The number of hydrogen-bond donors (Lipinski definition) is 3. The molecular formula is C24H19BrClFN4O3. The number of anilines is 2. The van der Waals surface area contributed by atoms with Gasteiger partial charge in [-0.3, -0.25) is 9.59 Å². The molecule has 3 N–H and O–H groups in total. The number of hydrogen-bond acceptors (Lipinski definition) is 4. The fourth-order valence-electron chi connectivity index (χ4n) is 3.46. The van der Waals surface area contributed by atoms with Gasteiger partial charge in [-0.15, -0.1) is 0 Å². The Kier molecular flexibility index (Phi) is 6.97. The van der Waals surface area contributed by atoms with Crippen LogP contribution < -0.4 is 10.6 Å². The Bertz CT molecular complexity index is 1400. The number of nitrogens with one attached hydrogen (secondary N) is 3. The van der Waals surface area contributed by atoms with E-state index in [-0.39, 0.29) is 23.4 Å². The van der Waals surface area contributed by atoms with Gasteiger partial charge in [-0.1, -0.05) is 23.7 Å². The number of rotatable bonds is 6. The highest BCUT2D eigenvalue weighted by atomic mass is 79.9. The summed E-state index contributed by atoms with van der Waals surface area (Å²) in [5, 5.41) is 6.02. The molecule has 0 aliphatic carbocycles. The number of fused-ring (bicyclic) bond motifs is 1. The zero-order valence-corrected chi connectivity index (χ0v) is 20.5. The molecule has 1 aromatic heterocycles. The van der Waals surface area contributed by atoms with Gasteiger partial charge in [0.1, 0.15) is 23.8 Å². The Morgan fingerprint density at radius 2 is 1.91 bits per heavy atom. The van der Waals surface area contributed by atoms with Crippen molar-refractivity contribution in [1.82, 2.24) is 9.97 Å². The number of carbonyl (C=O) groups is 2. The number of aromatic amines is 1. The van der Waals surface area contributed by atoms with Crippen molar-refractivity contribution in [2.75, 3.05) is 17.7 Å². The molecule has 0 saturated heterocycles. The number of amides is 2. The standard InChI is InChI=1S/C24H19BrClFN4O3/c1-12-16(26)6-4-8-18(12)30-23(32)14-9-13(10-19-22(14)31-20(29-19)11-34-2)28-24(33)21-15(25)5-3-7-17(21)27/h3-10H,11H2,1-2H3,(H,28,33)(H,29,31)(H,30,32). The van der Waals surface area contributed by atoms with Gasteiger partial charge in [0.2, 0.25) is 0 Å². The second kappa shape index (κ2) is 9.92. The lowest BCUT2D eigenvalue weighted by Gasteiger charge is -2.12. The van der Waals surface area contributed by atoms with Crippen LogP contribution in [0.1, 0.15) is 32.1 Å². The Morgan fingerprint density at radius 3 is 2.65 bits per heavy atom. The highest BCUT2D eigenvalue weighted by Gasteiger charge is 2.20. The zero-order valence-electron chi connectivity index (χ0n) is 18.1. The van der Waals surface area contributed by atoms with Crippen LogP contribution in [0.15, 0.2) is 53.0 Å². The molecule has 0 fully saturated rings. The van der Waals surface area contributed by atoms with E-state index >= 15 is 0 Å². The van der Waals surface area contributed by atoms with E-state index < -0.39 is 17.6 Å². The van der Waals surface area contributed by atoms with Crippen LogP contribution in [0.5, 0.6) is 0 Å². The number of ether oxygens (including phenoxy) is 1. The maximum Gasteiger partial charge on any atom is 0.259 e. The van der Waals surface area contributed by atoms with Crippen LogP contribution in [0.3, 0.4) is 0 Å². The van der Waals surface area contributed by atoms with Crippen LogP contribution in [0, 0.1) is 12.7 Å². The van der Waals surface area contributed by atoms with Gasteiger partial charge in [-0.2, -0.15) is 0 Å². The fraction of sp³-hybridized carbons (Fsp3) is 0.125. The molecule has 0 bridgehead atoms. The minimum absolute atomic E-state index is 0.146. The van der Waals surface area contributed by atoms with Crippen molar-refractivity contribution in [3.05, 3.63) is 86.4 Å². The van der Waals surface area contributed by atoms with E-state index in [0.29, 0.717) is 37.6 Å². The van der Waals surface area contributed by atoms with E-state index in [1.54, 1.807) is 37.3 Å². The predicted molar refractivity (Wildman–Crippen MR) is 133 cm³/mol. The van der Waals surface area contributed by atoms with Gasteiger partial charge in [-0.05, 0) is 64.8 Å². The maximum atomic E-state index is 14.3. The first-order valence-electron chi connectivity index (χ1n) is 10.1. The van der Waals surface area contributed by atoms with Crippen molar-refractivity contribution in [1.29, 1.82) is 0 Å². The summed E-state index contributed by atoms with van der Waals surface area (Å²) in [5.74, 6) is -1.29. The van der Waals surface area contributed by atoms with Crippen molar-refractivity contribution >= 4 is 61.8 Å². The molecule has 34 heavy (non-hydrogen) atoms. The first kappa shape index (κ1) is 23.9. The molecule has 174 valence electrons. The number of benzene rings is 3. The molecule has 7 nitrogen and oxygen atoms in total. The van der Waals surface area contributed by atoms with Crippen LogP contribution >= 0.6 is 27.5 Å². The third-order valence-corrected chi connectivity index (χ3v) is 6.20.